The maximum atomic E-state index is 11.3. The summed E-state index contributed by atoms with van der Waals surface area (Å²) < 4.78 is 16.3. The van der Waals surface area contributed by atoms with Crippen molar-refractivity contribution in [3.8, 4) is 0 Å². The monoisotopic (exact) mass is 289 g/mol. The van der Waals surface area contributed by atoms with E-state index in [9.17, 15) is 9.00 Å². The molecule has 4 nitrogen and oxygen atoms in total. The third-order valence-electron chi connectivity index (χ3n) is 2.31. The van der Waals surface area contributed by atoms with Crippen molar-refractivity contribution in [2.45, 2.75) is 30.8 Å². The third-order valence-corrected chi connectivity index (χ3v) is 3.71. The van der Waals surface area contributed by atoms with Crippen LogP contribution in [-0.4, -0.2) is 22.2 Å². The SMILES string of the molecule is CS(=O)c1ccc(CC(C)(C)OC(N)=O)cc1Cl. The van der Waals surface area contributed by atoms with Gasteiger partial charge in [-0.25, -0.2) is 4.79 Å². The molecule has 6 heteroatoms. The molecule has 1 rings (SSSR count). The number of rotatable bonds is 4. The van der Waals surface area contributed by atoms with Crippen LogP contribution in [0.4, 0.5) is 4.79 Å². The Morgan fingerprint density at radius 2 is 2.11 bits per heavy atom. The molecule has 2 N–H and O–H groups in total. The molecular weight excluding hydrogens is 274 g/mol. The van der Waals surface area contributed by atoms with Crippen LogP contribution >= 0.6 is 11.6 Å². The first-order valence-corrected chi connectivity index (χ1v) is 7.25. The standard InChI is InChI=1S/C12H16ClNO3S/c1-12(2,17-11(14)15)7-8-4-5-10(18(3)16)9(13)6-8/h4-6H,7H2,1-3H3,(H2,14,15). The van der Waals surface area contributed by atoms with E-state index in [4.69, 9.17) is 22.1 Å². The van der Waals surface area contributed by atoms with E-state index in [-0.39, 0.29) is 0 Å². The van der Waals surface area contributed by atoms with Gasteiger partial charge in [0.05, 0.1) is 20.7 Å². The van der Waals surface area contributed by atoms with Gasteiger partial charge in [0.15, 0.2) is 0 Å². The van der Waals surface area contributed by atoms with Crippen LogP contribution in [0.2, 0.25) is 5.02 Å². The molecule has 0 radical (unpaired) electrons. The highest BCUT2D eigenvalue weighted by atomic mass is 35.5. The summed E-state index contributed by atoms with van der Waals surface area (Å²) in [6.07, 6.45) is 1.24. The lowest BCUT2D eigenvalue weighted by molar-refractivity contribution is 0.0460. The molecule has 0 aliphatic carbocycles. The second-order valence-corrected chi connectivity index (χ2v) is 6.33. The van der Waals surface area contributed by atoms with Gasteiger partial charge in [-0.1, -0.05) is 17.7 Å². The van der Waals surface area contributed by atoms with E-state index in [1.165, 1.54) is 0 Å². The number of nitrogens with two attached hydrogens (primary N) is 1. The highest BCUT2D eigenvalue weighted by Crippen LogP contribution is 2.24. The Kier molecular flexibility index (Phi) is 4.76. The second-order valence-electron chi connectivity index (χ2n) is 4.58. The Morgan fingerprint density at radius 3 is 2.56 bits per heavy atom. The van der Waals surface area contributed by atoms with Crippen molar-refractivity contribution in [2.75, 3.05) is 6.26 Å². The number of primary amides is 1. The molecule has 0 aromatic heterocycles. The van der Waals surface area contributed by atoms with E-state index in [1.54, 1.807) is 32.2 Å². The van der Waals surface area contributed by atoms with E-state index >= 15 is 0 Å². The molecule has 100 valence electrons. The molecule has 18 heavy (non-hydrogen) atoms. The zero-order valence-electron chi connectivity index (χ0n) is 10.5. The molecule has 1 aromatic rings. The zero-order valence-corrected chi connectivity index (χ0v) is 12.1. The molecule has 1 aromatic carbocycles. The van der Waals surface area contributed by atoms with Crippen LogP contribution in [0.3, 0.4) is 0 Å². The largest absolute Gasteiger partial charge is 0.443 e. The van der Waals surface area contributed by atoms with Gasteiger partial charge in [-0.3, -0.25) is 4.21 Å². The lowest BCUT2D eigenvalue weighted by Crippen LogP contribution is -2.33. The summed E-state index contributed by atoms with van der Waals surface area (Å²) in [5, 5.41) is 0.447. The lowest BCUT2D eigenvalue weighted by atomic mass is 9.98. The normalized spacial score (nSPS) is 13.1. The molecule has 0 aliphatic heterocycles. The molecule has 0 saturated heterocycles. The highest BCUT2D eigenvalue weighted by molar-refractivity contribution is 7.84. The summed E-state index contributed by atoms with van der Waals surface area (Å²) in [5.41, 5.74) is 5.18. The summed E-state index contributed by atoms with van der Waals surface area (Å²) >= 11 is 6.03. The van der Waals surface area contributed by atoms with Crippen LogP contribution in [0.25, 0.3) is 0 Å². The minimum Gasteiger partial charge on any atom is -0.443 e. The molecule has 0 heterocycles. The predicted octanol–water partition coefficient (Wildman–Crippen LogP) is 2.49. The summed E-state index contributed by atoms with van der Waals surface area (Å²) in [6.45, 7) is 3.52. The Hall–Kier alpha value is -1.07. The number of ether oxygens (including phenoxy) is 1. The molecule has 0 bridgehead atoms. The molecule has 0 saturated carbocycles. The van der Waals surface area contributed by atoms with Crippen LogP contribution in [0, 0.1) is 0 Å². The van der Waals surface area contributed by atoms with E-state index in [1.807, 2.05) is 6.07 Å². The summed E-state index contributed by atoms with van der Waals surface area (Å²) in [5.74, 6) is 0. The van der Waals surface area contributed by atoms with E-state index in [0.29, 0.717) is 16.3 Å². The maximum Gasteiger partial charge on any atom is 0.405 e. The first-order valence-electron chi connectivity index (χ1n) is 5.31. The minimum absolute atomic E-state index is 0.447. The molecule has 1 unspecified atom stereocenters. The van der Waals surface area contributed by atoms with Crippen LogP contribution in [0.1, 0.15) is 19.4 Å². The van der Waals surface area contributed by atoms with Crippen molar-refractivity contribution in [3.05, 3.63) is 28.8 Å². The summed E-state index contributed by atoms with van der Waals surface area (Å²) in [6, 6.07) is 5.26. The zero-order chi connectivity index (χ0) is 13.9. The quantitative estimate of drug-likeness (QED) is 0.926. The number of carbonyl (C=O) groups excluding carboxylic acids is 1. The number of carbonyl (C=O) groups is 1. The molecule has 1 atom stereocenters. The van der Waals surface area contributed by atoms with Crippen molar-refractivity contribution in [1.82, 2.24) is 0 Å². The van der Waals surface area contributed by atoms with Crippen LogP contribution in [0.5, 0.6) is 0 Å². The van der Waals surface area contributed by atoms with Crippen molar-refractivity contribution in [1.29, 1.82) is 0 Å². The smallest absolute Gasteiger partial charge is 0.405 e. The second kappa shape index (κ2) is 5.71. The molecule has 1 amide bonds. The Balaban J connectivity index is 2.89. The summed E-state index contributed by atoms with van der Waals surface area (Å²) in [4.78, 5) is 11.3. The van der Waals surface area contributed by atoms with E-state index in [2.05, 4.69) is 0 Å². The fraction of sp³-hybridized carbons (Fsp3) is 0.417. The van der Waals surface area contributed by atoms with Crippen molar-refractivity contribution in [3.63, 3.8) is 0 Å². The van der Waals surface area contributed by atoms with Crippen LogP contribution < -0.4 is 5.73 Å². The number of amides is 1. The van der Waals surface area contributed by atoms with Crippen molar-refractivity contribution < 1.29 is 13.7 Å². The van der Waals surface area contributed by atoms with E-state index in [0.717, 1.165) is 5.56 Å². The average molecular weight is 290 g/mol. The third kappa shape index (κ3) is 4.31. The average Bonchev–Trinajstić information content (AvgIpc) is 2.13. The predicted molar refractivity (Wildman–Crippen MR) is 72.2 cm³/mol. The Labute approximate surface area is 114 Å². The van der Waals surface area contributed by atoms with Crippen molar-refractivity contribution >= 4 is 28.5 Å². The topological polar surface area (TPSA) is 69.4 Å². The van der Waals surface area contributed by atoms with Crippen LogP contribution in [0.15, 0.2) is 23.1 Å². The van der Waals surface area contributed by atoms with Gasteiger partial charge >= 0.3 is 6.09 Å². The van der Waals surface area contributed by atoms with Gasteiger partial charge in [-0.15, -0.1) is 0 Å². The van der Waals surface area contributed by atoms with Crippen LogP contribution in [-0.2, 0) is 22.0 Å². The van der Waals surface area contributed by atoms with Crippen molar-refractivity contribution in [2.24, 2.45) is 5.73 Å². The number of halogens is 1. The van der Waals surface area contributed by atoms with Gasteiger partial charge in [0, 0.05) is 12.7 Å². The minimum atomic E-state index is -1.12. The highest BCUT2D eigenvalue weighted by Gasteiger charge is 2.22. The van der Waals surface area contributed by atoms with Gasteiger partial charge < -0.3 is 10.5 Å². The number of hydrogen-bond donors (Lipinski definition) is 1. The van der Waals surface area contributed by atoms with Gasteiger partial charge in [0.25, 0.3) is 0 Å². The van der Waals surface area contributed by atoms with Gasteiger partial charge in [0.1, 0.15) is 5.60 Å². The van der Waals surface area contributed by atoms with E-state index < -0.39 is 22.5 Å². The summed E-state index contributed by atoms with van der Waals surface area (Å²) in [7, 11) is -1.12. The van der Waals surface area contributed by atoms with Gasteiger partial charge in [-0.05, 0) is 31.5 Å². The van der Waals surface area contributed by atoms with Gasteiger partial charge in [-0.2, -0.15) is 0 Å². The fourth-order valence-corrected chi connectivity index (χ4v) is 2.81. The maximum absolute atomic E-state index is 11.3. The molecular formula is C12H16ClNO3S. The fourth-order valence-electron chi connectivity index (χ4n) is 1.69. The Morgan fingerprint density at radius 1 is 1.50 bits per heavy atom. The van der Waals surface area contributed by atoms with Gasteiger partial charge in [0.2, 0.25) is 0 Å². The first kappa shape index (κ1) is 15.0. The molecule has 0 spiro atoms. The number of benzene rings is 1. The lowest BCUT2D eigenvalue weighted by Gasteiger charge is -2.24. The Bertz CT molecular complexity index is 488. The first-order chi connectivity index (χ1) is 8.21. The number of hydrogen-bond acceptors (Lipinski definition) is 3. The molecule has 0 fully saturated rings. The molecule has 0 aliphatic rings.